The molecule has 7 heteroatoms. The molecule has 1 heterocycles. The van der Waals surface area contributed by atoms with Crippen molar-refractivity contribution in [1.29, 1.82) is 0 Å². The molecule has 0 saturated carbocycles. The maximum atomic E-state index is 12.5. The number of carbonyl (C=O) groups is 1. The zero-order valence-corrected chi connectivity index (χ0v) is 16.6. The van der Waals surface area contributed by atoms with Gasteiger partial charge in [0.2, 0.25) is 15.9 Å². The topological polar surface area (TPSA) is 66.9 Å². The number of hydrogen-bond acceptors (Lipinski definition) is 4. The average molecular weight is 401 g/mol. The van der Waals surface area contributed by atoms with Gasteiger partial charge in [0, 0.05) is 31.6 Å². The molecular weight excluding hydrogens is 376 g/mol. The second-order valence-electron chi connectivity index (χ2n) is 6.57. The van der Waals surface area contributed by atoms with Crippen molar-refractivity contribution in [2.45, 2.75) is 6.42 Å². The Hall–Kier alpha value is -2.64. The highest BCUT2D eigenvalue weighted by molar-refractivity contribution is 7.92. The van der Waals surface area contributed by atoms with Gasteiger partial charge in [-0.1, -0.05) is 42.5 Å². The first-order chi connectivity index (χ1) is 13.5. The fourth-order valence-corrected chi connectivity index (χ4v) is 4.25. The van der Waals surface area contributed by atoms with Crippen LogP contribution in [-0.2, 0) is 21.2 Å². The Morgan fingerprint density at radius 3 is 2.43 bits per heavy atom. The van der Waals surface area contributed by atoms with E-state index in [9.17, 15) is 13.2 Å². The van der Waals surface area contributed by atoms with Crippen molar-refractivity contribution >= 4 is 22.0 Å². The Morgan fingerprint density at radius 1 is 1.04 bits per heavy atom. The highest BCUT2D eigenvalue weighted by Gasteiger charge is 2.27. The van der Waals surface area contributed by atoms with E-state index in [0.717, 1.165) is 11.1 Å². The second kappa shape index (κ2) is 9.03. The van der Waals surface area contributed by atoms with Crippen molar-refractivity contribution in [3.05, 3.63) is 71.1 Å². The van der Waals surface area contributed by atoms with E-state index < -0.39 is 10.0 Å². The minimum Gasteiger partial charge on any atom is -0.497 e. The summed E-state index contributed by atoms with van der Waals surface area (Å²) in [7, 11) is -1.91. The van der Waals surface area contributed by atoms with Crippen LogP contribution >= 0.6 is 0 Å². The lowest BCUT2D eigenvalue weighted by molar-refractivity contribution is -0.131. The lowest BCUT2D eigenvalue weighted by atomic mass is 10.1. The van der Waals surface area contributed by atoms with Crippen LogP contribution in [0.4, 0.5) is 0 Å². The quantitative estimate of drug-likeness (QED) is 0.747. The fourth-order valence-electron chi connectivity index (χ4n) is 3.08. The summed E-state index contributed by atoms with van der Waals surface area (Å²) in [4.78, 5) is 14.3. The number of hydrogen-bond donors (Lipinski definition) is 0. The van der Waals surface area contributed by atoms with E-state index in [1.54, 1.807) is 18.1 Å². The molecule has 1 aliphatic rings. The molecule has 1 aliphatic heterocycles. The van der Waals surface area contributed by atoms with Gasteiger partial charge in [0.25, 0.3) is 0 Å². The molecule has 0 atom stereocenters. The minimum absolute atomic E-state index is 0.00914. The lowest BCUT2D eigenvalue weighted by Gasteiger charge is -2.33. The molecule has 6 nitrogen and oxygen atoms in total. The summed E-state index contributed by atoms with van der Waals surface area (Å²) in [5, 5.41) is 1.23. The Balaban J connectivity index is 1.56. The van der Waals surface area contributed by atoms with Crippen molar-refractivity contribution in [2.24, 2.45) is 0 Å². The van der Waals surface area contributed by atoms with Crippen molar-refractivity contribution < 1.29 is 17.9 Å². The number of methoxy groups -OCH3 is 1. The maximum absolute atomic E-state index is 12.5. The molecule has 1 fully saturated rings. The van der Waals surface area contributed by atoms with Gasteiger partial charge in [0.1, 0.15) is 5.75 Å². The van der Waals surface area contributed by atoms with Gasteiger partial charge in [0.15, 0.2) is 0 Å². The van der Waals surface area contributed by atoms with E-state index in [4.69, 9.17) is 4.74 Å². The molecule has 0 aliphatic carbocycles. The average Bonchev–Trinajstić information content (AvgIpc) is 2.73. The molecule has 0 unspecified atom stereocenters. The van der Waals surface area contributed by atoms with E-state index in [1.165, 1.54) is 9.71 Å². The first kappa shape index (κ1) is 20.1. The summed E-state index contributed by atoms with van der Waals surface area (Å²) in [6.07, 6.45) is 1.87. The van der Waals surface area contributed by atoms with Crippen LogP contribution in [-0.4, -0.2) is 56.8 Å². The molecule has 0 aromatic heterocycles. The molecule has 2 aromatic rings. The Labute approximate surface area is 166 Å². The molecule has 2 aromatic carbocycles. The summed E-state index contributed by atoms with van der Waals surface area (Å²) in [5.74, 6) is 0.705. The molecule has 1 saturated heterocycles. The van der Waals surface area contributed by atoms with Crippen LogP contribution in [0.5, 0.6) is 5.75 Å². The van der Waals surface area contributed by atoms with Crippen molar-refractivity contribution in [1.82, 2.24) is 9.21 Å². The summed E-state index contributed by atoms with van der Waals surface area (Å²) in [5.41, 5.74) is 1.71. The van der Waals surface area contributed by atoms with E-state index in [2.05, 4.69) is 0 Å². The predicted octanol–water partition coefficient (Wildman–Crippen LogP) is 2.38. The molecule has 3 rings (SSSR count). The number of amides is 1. The molecule has 28 heavy (non-hydrogen) atoms. The van der Waals surface area contributed by atoms with E-state index >= 15 is 0 Å². The summed E-state index contributed by atoms with van der Waals surface area (Å²) in [6.45, 7) is 1.37. The zero-order valence-electron chi connectivity index (χ0n) is 15.8. The van der Waals surface area contributed by atoms with Crippen molar-refractivity contribution in [2.75, 3.05) is 33.3 Å². The summed E-state index contributed by atoms with van der Waals surface area (Å²) < 4.78 is 31.6. The molecular formula is C21H24N2O4S. The largest absolute Gasteiger partial charge is 0.497 e. The highest BCUT2D eigenvalue weighted by atomic mass is 32.2. The van der Waals surface area contributed by atoms with Gasteiger partial charge in [0.05, 0.1) is 13.5 Å². The number of nitrogens with zero attached hydrogens (tertiary/aromatic N) is 2. The summed E-state index contributed by atoms with van der Waals surface area (Å²) >= 11 is 0. The van der Waals surface area contributed by atoms with Crippen LogP contribution in [0.15, 0.2) is 60.0 Å². The molecule has 0 radical (unpaired) electrons. The lowest BCUT2D eigenvalue weighted by Crippen LogP contribution is -2.50. The SMILES string of the molecule is COc1cccc(CC(=O)N2CCN(S(=O)(=O)/C=C/c3ccccc3)CC2)c1. The standard InChI is InChI=1S/C21H24N2O4S/c1-27-20-9-5-8-19(16-20)17-21(24)22-11-13-23(14-12-22)28(25,26)15-10-18-6-3-2-4-7-18/h2-10,15-16H,11-14,17H2,1H3/b15-10+. The van der Waals surface area contributed by atoms with Gasteiger partial charge in [-0.05, 0) is 29.3 Å². The van der Waals surface area contributed by atoms with Crippen LogP contribution in [0, 0.1) is 0 Å². The molecule has 0 spiro atoms. The van der Waals surface area contributed by atoms with Gasteiger partial charge >= 0.3 is 0 Å². The van der Waals surface area contributed by atoms with Crippen molar-refractivity contribution in [3.8, 4) is 5.75 Å². The third kappa shape index (κ3) is 5.21. The predicted molar refractivity (Wildman–Crippen MR) is 109 cm³/mol. The van der Waals surface area contributed by atoms with E-state index in [-0.39, 0.29) is 12.3 Å². The highest BCUT2D eigenvalue weighted by Crippen LogP contribution is 2.16. The van der Waals surface area contributed by atoms with E-state index in [0.29, 0.717) is 31.9 Å². The molecule has 0 N–H and O–H groups in total. The van der Waals surface area contributed by atoms with Gasteiger partial charge in [-0.2, -0.15) is 4.31 Å². The number of piperazine rings is 1. The van der Waals surface area contributed by atoms with E-state index in [1.807, 2.05) is 54.6 Å². The second-order valence-corrected chi connectivity index (χ2v) is 8.39. The normalized spacial score (nSPS) is 15.7. The smallest absolute Gasteiger partial charge is 0.236 e. The van der Waals surface area contributed by atoms with Crippen LogP contribution in [0.25, 0.3) is 6.08 Å². The number of benzene rings is 2. The van der Waals surface area contributed by atoms with Crippen LogP contribution in [0.1, 0.15) is 11.1 Å². The molecule has 0 bridgehead atoms. The van der Waals surface area contributed by atoms with Gasteiger partial charge in [-0.15, -0.1) is 0 Å². The molecule has 1 amide bonds. The Morgan fingerprint density at radius 2 is 1.75 bits per heavy atom. The monoisotopic (exact) mass is 400 g/mol. The fraction of sp³-hybridized carbons (Fsp3) is 0.286. The first-order valence-electron chi connectivity index (χ1n) is 9.12. The van der Waals surface area contributed by atoms with Gasteiger partial charge in [-0.25, -0.2) is 8.42 Å². The number of carbonyl (C=O) groups excluding carboxylic acids is 1. The van der Waals surface area contributed by atoms with Gasteiger partial charge in [-0.3, -0.25) is 4.79 Å². The van der Waals surface area contributed by atoms with Crippen LogP contribution in [0.2, 0.25) is 0 Å². The number of sulfonamides is 1. The third-order valence-corrected chi connectivity index (χ3v) is 6.24. The minimum atomic E-state index is -3.50. The van der Waals surface area contributed by atoms with Crippen molar-refractivity contribution in [3.63, 3.8) is 0 Å². The van der Waals surface area contributed by atoms with Gasteiger partial charge < -0.3 is 9.64 Å². The number of rotatable bonds is 6. The zero-order chi connectivity index (χ0) is 20.0. The summed E-state index contributed by atoms with van der Waals surface area (Å²) in [6, 6.07) is 16.7. The third-order valence-electron chi connectivity index (χ3n) is 4.67. The number of ether oxygens (including phenoxy) is 1. The van der Waals surface area contributed by atoms with Crippen LogP contribution < -0.4 is 4.74 Å². The van der Waals surface area contributed by atoms with Crippen LogP contribution in [0.3, 0.4) is 0 Å². The molecule has 148 valence electrons. The Bertz CT molecular complexity index is 934. The first-order valence-corrected chi connectivity index (χ1v) is 10.6. The maximum Gasteiger partial charge on any atom is 0.236 e. The Kier molecular flexibility index (Phi) is 6.49.